The molecule has 4 rings (SSSR count). The molecule has 0 aromatic heterocycles. The molecule has 0 radical (unpaired) electrons. The topological polar surface area (TPSA) is 131 Å². The summed E-state index contributed by atoms with van der Waals surface area (Å²) in [5, 5.41) is 13.4. The van der Waals surface area contributed by atoms with Gasteiger partial charge in [0.15, 0.2) is 17.3 Å². The first-order valence-corrected chi connectivity index (χ1v) is 13.2. The van der Waals surface area contributed by atoms with Gasteiger partial charge in [-0.25, -0.2) is 8.42 Å². The molecule has 0 saturated heterocycles. The van der Waals surface area contributed by atoms with Crippen molar-refractivity contribution in [3.05, 3.63) is 59.7 Å². The van der Waals surface area contributed by atoms with Crippen LogP contribution in [0.3, 0.4) is 0 Å². The fraction of sp³-hybridized carbons (Fsp3) is 0.217. The standard InChI is InChI=1S/C23H22N4O6S2/c1-31-19-14-15(9-10-18(19)33-12-6-11-32-16-7-4-3-5-8-16)13-17-20(24)27-22(25-21(17)28)34-23(26-27)35(2,29)30/h3-5,7-10,13-14,24H,6,11-12H2,1-2H3/b17-13+,24-20?. The number of sulfone groups is 1. The molecular formula is C23H22N4O6S2. The number of hydrazone groups is 1. The largest absolute Gasteiger partial charge is 0.493 e. The smallest absolute Gasteiger partial charge is 0.283 e. The fourth-order valence-corrected chi connectivity index (χ4v) is 4.82. The van der Waals surface area contributed by atoms with Gasteiger partial charge in [-0.2, -0.15) is 10.0 Å². The highest BCUT2D eigenvalue weighted by atomic mass is 32.3. The molecule has 0 bridgehead atoms. The van der Waals surface area contributed by atoms with Crippen LogP contribution < -0.4 is 14.2 Å². The number of carbonyl (C=O) groups is 1. The third-order valence-electron chi connectivity index (χ3n) is 4.81. The number of fused-ring (bicyclic) bond motifs is 1. The molecule has 10 nitrogen and oxygen atoms in total. The number of nitrogens with one attached hydrogen (secondary N) is 1. The molecule has 35 heavy (non-hydrogen) atoms. The number of hydrogen-bond acceptors (Lipinski definition) is 9. The van der Waals surface area contributed by atoms with Crippen LogP contribution in [0.1, 0.15) is 12.0 Å². The van der Waals surface area contributed by atoms with Gasteiger partial charge in [0.25, 0.3) is 5.91 Å². The van der Waals surface area contributed by atoms with E-state index in [-0.39, 0.29) is 21.0 Å². The molecule has 0 saturated carbocycles. The molecule has 2 aliphatic rings. The monoisotopic (exact) mass is 514 g/mol. The molecule has 1 N–H and O–H groups in total. The zero-order chi connectivity index (χ0) is 25.0. The molecule has 2 aromatic carbocycles. The zero-order valence-electron chi connectivity index (χ0n) is 18.9. The van der Waals surface area contributed by atoms with Gasteiger partial charge in [0, 0.05) is 12.7 Å². The summed E-state index contributed by atoms with van der Waals surface area (Å²) in [7, 11) is -2.09. The number of ether oxygens (including phenoxy) is 3. The predicted molar refractivity (Wildman–Crippen MR) is 135 cm³/mol. The van der Waals surface area contributed by atoms with E-state index < -0.39 is 15.7 Å². The molecule has 2 aromatic rings. The number of thioether (sulfide) groups is 1. The summed E-state index contributed by atoms with van der Waals surface area (Å²) in [4.78, 5) is 16.4. The Kier molecular flexibility index (Phi) is 7.22. The number of carbonyl (C=O) groups excluding carboxylic acids is 1. The van der Waals surface area contributed by atoms with E-state index in [9.17, 15) is 13.2 Å². The van der Waals surface area contributed by atoms with Crippen LogP contribution in [0.2, 0.25) is 0 Å². The highest BCUT2D eigenvalue weighted by molar-refractivity contribution is 8.42. The van der Waals surface area contributed by atoms with Gasteiger partial charge in [-0.3, -0.25) is 10.2 Å². The van der Waals surface area contributed by atoms with Crippen LogP contribution in [0.4, 0.5) is 0 Å². The Bertz CT molecular complexity index is 1350. The Morgan fingerprint density at radius 2 is 1.83 bits per heavy atom. The average Bonchev–Trinajstić information content (AvgIpc) is 3.27. The van der Waals surface area contributed by atoms with E-state index in [4.69, 9.17) is 19.6 Å². The Labute approximate surface area is 206 Å². The van der Waals surface area contributed by atoms with E-state index in [1.165, 1.54) is 13.2 Å². The van der Waals surface area contributed by atoms with Gasteiger partial charge in [-0.15, -0.1) is 5.10 Å². The first-order chi connectivity index (χ1) is 16.8. The molecule has 0 unspecified atom stereocenters. The summed E-state index contributed by atoms with van der Waals surface area (Å²) in [5.41, 5.74) is 0.550. The molecular weight excluding hydrogens is 492 g/mol. The minimum absolute atomic E-state index is 0.0263. The third-order valence-corrected chi connectivity index (χ3v) is 7.39. The van der Waals surface area contributed by atoms with E-state index >= 15 is 0 Å². The lowest BCUT2D eigenvalue weighted by Gasteiger charge is -2.20. The van der Waals surface area contributed by atoms with Crippen LogP contribution in [0, 0.1) is 5.41 Å². The Balaban J connectivity index is 1.43. The number of aliphatic imine (C=N–C) groups is 1. The van der Waals surface area contributed by atoms with E-state index in [2.05, 4.69) is 10.1 Å². The molecule has 12 heteroatoms. The van der Waals surface area contributed by atoms with Crippen molar-refractivity contribution in [3.8, 4) is 17.2 Å². The third kappa shape index (κ3) is 5.72. The van der Waals surface area contributed by atoms with Crippen LogP contribution >= 0.6 is 11.8 Å². The number of hydrogen-bond donors (Lipinski definition) is 1. The first kappa shape index (κ1) is 24.5. The van der Waals surface area contributed by atoms with Gasteiger partial charge >= 0.3 is 0 Å². The van der Waals surface area contributed by atoms with Gasteiger partial charge in [0.1, 0.15) is 5.75 Å². The van der Waals surface area contributed by atoms with Crippen LogP contribution in [0.5, 0.6) is 17.2 Å². The highest BCUT2D eigenvalue weighted by Gasteiger charge is 2.38. The normalized spacial score (nSPS) is 16.6. The lowest BCUT2D eigenvalue weighted by molar-refractivity contribution is -0.114. The van der Waals surface area contributed by atoms with Crippen LogP contribution in [0.25, 0.3) is 6.08 Å². The van der Waals surface area contributed by atoms with Crippen molar-refractivity contribution in [2.24, 2.45) is 10.1 Å². The molecule has 0 spiro atoms. The summed E-state index contributed by atoms with van der Waals surface area (Å²) in [6.45, 7) is 0.916. The van der Waals surface area contributed by atoms with Crippen LogP contribution in [-0.2, 0) is 14.6 Å². The Morgan fingerprint density at radius 1 is 1.09 bits per heavy atom. The zero-order valence-corrected chi connectivity index (χ0v) is 20.6. The lowest BCUT2D eigenvalue weighted by Crippen LogP contribution is -2.35. The summed E-state index contributed by atoms with van der Waals surface area (Å²) >= 11 is 0.739. The number of nitrogens with zero attached hydrogens (tertiary/aromatic N) is 3. The summed E-state index contributed by atoms with van der Waals surface area (Å²) in [6.07, 6.45) is 3.15. The van der Waals surface area contributed by atoms with Crippen LogP contribution in [0.15, 0.2) is 64.2 Å². The highest BCUT2D eigenvalue weighted by Crippen LogP contribution is 2.32. The van der Waals surface area contributed by atoms with Crippen LogP contribution in [-0.4, -0.2) is 61.3 Å². The predicted octanol–water partition coefficient (Wildman–Crippen LogP) is 3.16. The molecule has 2 heterocycles. The van der Waals surface area contributed by atoms with Gasteiger partial charge in [0.05, 0.1) is 25.9 Å². The number of benzene rings is 2. The van der Waals surface area contributed by atoms with Crippen molar-refractivity contribution in [1.82, 2.24) is 5.01 Å². The maximum absolute atomic E-state index is 12.5. The lowest BCUT2D eigenvalue weighted by atomic mass is 10.1. The van der Waals surface area contributed by atoms with E-state index in [0.717, 1.165) is 28.8 Å². The van der Waals surface area contributed by atoms with Gasteiger partial charge in [0.2, 0.25) is 19.4 Å². The quantitative estimate of drug-likeness (QED) is 0.420. The van der Waals surface area contributed by atoms with Crippen molar-refractivity contribution in [2.45, 2.75) is 6.42 Å². The second-order valence-corrected chi connectivity index (χ2v) is 10.6. The van der Waals surface area contributed by atoms with Crippen molar-refractivity contribution in [3.63, 3.8) is 0 Å². The van der Waals surface area contributed by atoms with Gasteiger partial charge in [-0.05, 0) is 47.7 Å². The van der Waals surface area contributed by atoms with E-state index in [1.807, 2.05) is 30.3 Å². The summed E-state index contributed by atoms with van der Waals surface area (Å²) < 4.78 is 40.2. The number of methoxy groups -OCH3 is 1. The molecule has 182 valence electrons. The SMILES string of the molecule is COc1cc(/C=C2\C(=N)N3N=C(S(C)(=O)=O)SC3=NC2=O)ccc1OCCCOc1ccccc1. The number of rotatable bonds is 8. The minimum Gasteiger partial charge on any atom is -0.493 e. The Hall–Kier alpha value is -3.64. The molecule has 0 fully saturated rings. The summed E-state index contributed by atoms with van der Waals surface area (Å²) in [5.74, 6) is 0.863. The minimum atomic E-state index is -3.59. The Morgan fingerprint density at radius 3 is 2.54 bits per heavy atom. The number of amidine groups is 2. The van der Waals surface area contributed by atoms with Gasteiger partial charge < -0.3 is 14.2 Å². The van der Waals surface area contributed by atoms with Crippen molar-refractivity contribution in [1.29, 1.82) is 5.41 Å². The second-order valence-electron chi connectivity index (χ2n) is 7.43. The second kappa shape index (κ2) is 10.3. The average molecular weight is 515 g/mol. The number of para-hydroxylation sites is 1. The van der Waals surface area contributed by atoms with E-state index in [0.29, 0.717) is 36.7 Å². The fourth-order valence-electron chi connectivity index (χ4n) is 3.13. The molecule has 0 aliphatic carbocycles. The van der Waals surface area contributed by atoms with Crippen molar-refractivity contribution in [2.75, 3.05) is 26.6 Å². The number of amides is 1. The first-order valence-electron chi connectivity index (χ1n) is 10.5. The maximum Gasteiger partial charge on any atom is 0.283 e. The molecule has 1 amide bonds. The molecule has 2 aliphatic heterocycles. The van der Waals surface area contributed by atoms with Crippen molar-refractivity contribution >= 4 is 49.0 Å². The van der Waals surface area contributed by atoms with E-state index in [1.54, 1.807) is 18.2 Å². The van der Waals surface area contributed by atoms with Crippen molar-refractivity contribution < 1.29 is 27.4 Å². The summed E-state index contributed by atoms with van der Waals surface area (Å²) in [6, 6.07) is 14.6. The molecule has 0 atom stereocenters. The maximum atomic E-state index is 12.5. The van der Waals surface area contributed by atoms with Gasteiger partial charge in [-0.1, -0.05) is 24.3 Å².